The third-order valence-corrected chi connectivity index (χ3v) is 10.8. The molecule has 0 aromatic heterocycles. The van der Waals surface area contributed by atoms with Crippen LogP contribution in [0.25, 0.3) is 0 Å². The van der Waals surface area contributed by atoms with E-state index in [1.54, 1.807) is 0 Å². The predicted molar refractivity (Wildman–Crippen MR) is 223 cm³/mol. The van der Waals surface area contributed by atoms with E-state index in [0.717, 1.165) is 57.8 Å². The molecule has 0 heterocycles. The van der Waals surface area contributed by atoms with Gasteiger partial charge in [-0.2, -0.15) is 0 Å². The largest absolute Gasteiger partial charge is 0.472 e. The molecule has 55 heavy (non-hydrogen) atoms. The van der Waals surface area contributed by atoms with E-state index in [9.17, 15) is 29.3 Å². The quantitative estimate of drug-likeness (QED) is 0.0200. The lowest BCUT2D eigenvalue weighted by Crippen LogP contribution is -2.29. The van der Waals surface area contributed by atoms with Crippen molar-refractivity contribution in [3.8, 4) is 0 Å². The molecule has 0 aliphatic carbocycles. The lowest BCUT2D eigenvalue weighted by atomic mass is 10.0. The Hall–Kier alpha value is -1.33. The molecule has 0 aliphatic rings. The van der Waals surface area contributed by atoms with Crippen LogP contribution in [0.4, 0.5) is 0 Å². The van der Waals surface area contributed by atoms with Crippen LogP contribution in [0.3, 0.4) is 0 Å². The van der Waals surface area contributed by atoms with E-state index in [-0.39, 0.29) is 32.6 Å². The summed E-state index contributed by atoms with van der Waals surface area (Å²) in [4.78, 5) is 34.9. The number of carbonyl (C=O) groups excluding carboxylic acids is 2. The van der Waals surface area contributed by atoms with Crippen LogP contribution in [0, 0.1) is 0 Å². The molecule has 4 atom stereocenters. The molecule has 326 valence electrons. The van der Waals surface area contributed by atoms with Crippen molar-refractivity contribution in [2.75, 3.05) is 26.4 Å². The highest BCUT2D eigenvalue weighted by atomic mass is 31.2. The monoisotopic (exact) mass is 806 g/mol. The topological polar surface area (TPSA) is 175 Å². The fourth-order valence-electron chi connectivity index (χ4n) is 6.36. The van der Waals surface area contributed by atoms with Crippen molar-refractivity contribution in [3.05, 3.63) is 12.2 Å². The normalized spacial score (nSPS) is 14.5. The van der Waals surface area contributed by atoms with Crippen LogP contribution in [0.2, 0.25) is 0 Å². The second-order valence-electron chi connectivity index (χ2n) is 15.2. The molecule has 0 bridgehead atoms. The average molecular weight is 806 g/mol. The average Bonchev–Trinajstić information content (AvgIpc) is 3.17. The minimum atomic E-state index is -4.41. The number of phosphoric acid groups is 1. The first kappa shape index (κ1) is 53.7. The molecule has 0 radical (unpaired) electrons. The highest BCUT2D eigenvalue weighted by Crippen LogP contribution is 2.43. The summed E-state index contributed by atoms with van der Waals surface area (Å²) >= 11 is 0. The van der Waals surface area contributed by atoms with Crippen LogP contribution >= 0.6 is 7.82 Å². The number of aliphatic hydroxyl groups excluding tert-OH is 2. The van der Waals surface area contributed by atoms with Crippen LogP contribution in [0.15, 0.2) is 12.2 Å². The summed E-state index contributed by atoms with van der Waals surface area (Å²) in [5.74, 6) is -0.931. The molecule has 0 saturated heterocycles. The highest BCUT2D eigenvalue weighted by Gasteiger charge is 2.26. The van der Waals surface area contributed by atoms with Gasteiger partial charge in [-0.25, -0.2) is 4.57 Å². The van der Waals surface area contributed by atoms with Gasteiger partial charge in [-0.1, -0.05) is 167 Å². The zero-order chi connectivity index (χ0) is 40.7. The number of carbonyl (C=O) groups is 2. The lowest BCUT2D eigenvalue weighted by molar-refractivity contribution is -0.161. The van der Waals surface area contributed by atoms with Gasteiger partial charge in [-0.15, -0.1) is 0 Å². The number of hydrogen-bond acceptors (Lipinski definition) is 10. The standard InChI is InChI=1S/C43H84NO10P/c1-3-5-7-9-11-12-13-14-15-16-17-18-19-20-21-25-30-34-43(48)54-39(38-53-55(49,50)52-36-35-44)37-51-42(47)33-29-26-22-24-28-32-41(46)40(45)31-27-23-10-8-6-4-2/h23,27,39-41,45-46H,3-22,24-26,28-38,44H2,1-2H3,(H,49,50)/b27-23-/t39-,40-,41-/m1/s1. The van der Waals surface area contributed by atoms with Gasteiger partial charge in [0.15, 0.2) is 6.10 Å². The molecular formula is C43H84NO10P. The minimum Gasteiger partial charge on any atom is -0.462 e. The van der Waals surface area contributed by atoms with Gasteiger partial charge in [0.2, 0.25) is 0 Å². The summed E-state index contributed by atoms with van der Waals surface area (Å²) in [6, 6.07) is 0. The molecular weight excluding hydrogens is 721 g/mol. The van der Waals surface area contributed by atoms with Gasteiger partial charge < -0.3 is 30.3 Å². The molecule has 0 saturated carbocycles. The molecule has 12 heteroatoms. The van der Waals surface area contributed by atoms with Crippen LogP contribution in [0.1, 0.15) is 206 Å². The lowest BCUT2D eigenvalue weighted by Gasteiger charge is -2.20. The van der Waals surface area contributed by atoms with E-state index in [1.165, 1.54) is 96.3 Å². The number of esters is 2. The predicted octanol–water partition coefficient (Wildman–Crippen LogP) is 10.6. The first-order valence-electron chi connectivity index (χ1n) is 22.3. The molecule has 0 aromatic carbocycles. The highest BCUT2D eigenvalue weighted by molar-refractivity contribution is 7.47. The third kappa shape index (κ3) is 38.0. The van der Waals surface area contributed by atoms with Gasteiger partial charge >= 0.3 is 19.8 Å². The Morgan fingerprint density at radius 3 is 1.60 bits per heavy atom. The van der Waals surface area contributed by atoms with Crippen LogP contribution in [0.5, 0.6) is 0 Å². The Morgan fingerprint density at radius 2 is 1.07 bits per heavy atom. The van der Waals surface area contributed by atoms with Crippen molar-refractivity contribution in [1.29, 1.82) is 0 Å². The van der Waals surface area contributed by atoms with Crippen molar-refractivity contribution in [2.45, 2.75) is 225 Å². The molecule has 11 nitrogen and oxygen atoms in total. The zero-order valence-corrected chi connectivity index (χ0v) is 36.0. The number of phosphoric ester groups is 1. The Labute approximate surface area is 335 Å². The number of aliphatic hydroxyl groups is 2. The summed E-state index contributed by atoms with van der Waals surface area (Å²) in [7, 11) is -4.41. The molecule has 5 N–H and O–H groups in total. The first-order valence-corrected chi connectivity index (χ1v) is 23.8. The van der Waals surface area contributed by atoms with E-state index in [2.05, 4.69) is 19.9 Å². The summed E-state index contributed by atoms with van der Waals surface area (Å²) in [5.41, 5.74) is 5.34. The fraction of sp³-hybridized carbons (Fsp3) is 0.907. The maximum absolute atomic E-state index is 12.6. The molecule has 0 rings (SSSR count). The van der Waals surface area contributed by atoms with Crippen molar-refractivity contribution >= 4 is 19.8 Å². The van der Waals surface area contributed by atoms with Crippen molar-refractivity contribution in [3.63, 3.8) is 0 Å². The number of allylic oxidation sites excluding steroid dienone is 1. The Balaban J connectivity index is 4.22. The fourth-order valence-corrected chi connectivity index (χ4v) is 7.13. The smallest absolute Gasteiger partial charge is 0.462 e. The van der Waals surface area contributed by atoms with Gasteiger partial charge in [-0.3, -0.25) is 18.6 Å². The molecule has 0 fully saturated rings. The van der Waals surface area contributed by atoms with Crippen LogP contribution in [-0.4, -0.2) is 71.7 Å². The number of rotatable bonds is 42. The molecule has 0 aliphatic heterocycles. The summed E-state index contributed by atoms with van der Waals surface area (Å²) in [6.07, 6.45) is 32.6. The van der Waals surface area contributed by atoms with Crippen molar-refractivity contribution in [2.24, 2.45) is 5.73 Å². The SMILES string of the molecule is CCCCC/C=C\C[C@@H](O)[C@H](O)CCCCCCCC(=O)OC[C@H](COP(=O)(O)OCCN)OC(=O)CCCCCCCCCCCCCCCCCCC. The van der Waals surface area contributed by atoms with E-state index in [4.69, 9.17) is 24.3 Å². The number of hydrogen-bond donors (Lipinski definition) is 4. The zero-order valence-electron chi connectivity index (χ0n) is 35.2. The number of unbranched alkanes of at least 4 members (excludes halogenated alkanes) is 23. The van der Waals surface area contributed by atoms with E-state index >= 15 is 0 Å². The Kier molecular flexibility index (Phi) is 38.5. The second kappa shape index (κ2) is 39.5. The molecule has 0 spiro atoms. The maximum atomic E-state index is 12.6. The van der Waals surface area contributed by atoms with Gasteiger partial charge in [0, 0.05) is 19.4 Å². The van der Waals surface area contributed by atoms with Gasteiger partial charge in [0.1, 0.15) is 6.61 Å². The first-order chi connectivity index (χ1) is 26.6. The van der Waals surface area contributed by atoms with Gasteiger partial charge in [-0.05, 0) is 38.5 Å². The van der Waals surface area contributed by atoms with Crippen molar-refractivity contribution < 1.29 is 47.8 Å². The minimum absolute atomic E-state index is 0.0332. The van der Waals surface area contributed by atoms with Gasteiger partial charge in [0.05, 0.1) is 25.4 Å². The van der Waals surface area contributed by atoms with Crippen LogP contribution in [-0.2, 0) is 32.7 Å². The summed E-state index contributed by atoms with van der Waals surface area (Å²) < 4.78 is 32.7. The number of nitrogens with two attached hydrogens (primary N) is 1. The summed E-state index contributed by atoms with van der Waals surface area (Å²) in [6.45, 7) is 3.52. The Bertz CT molecular complexity index is 952. The Morgan fingerprint density at radius 1 is 0.600 bits per heavy atom. The third-order valence-electron chi connectivity index (χ3n) is 9.85. The molecule has 0 amide bonds. The summed E-state index contributed by atoms with van der Waals surface area (Å²) in [5, 5.41) is 20.4. The molecule has 1 unspecified atom stereocenters. The molecule has 0 aromatic rings. The van der Waals surface area contributed by atoms with E-state index in [1.807, 2.05) is 6.08 Å². The maximum Gasteiger partial charge on any atom is 0.472 e. The van der Waals surface area contributed by atoms with E-state index < -0.39 is 44.7 Å². The van der Waals surface area contributed by atoms with Crippen molar-refractivity contribution in [1.82, 2.24) is 0 Å². The second-order valence-corrected chi connectivity index (χ2v) is 16.7. The number of ether oxygens (including phenoxy) is 2. The van der Waals surface area contributed by atoms with Crippen LogP contribution < -0.4 is 5.73 Å². The van der Waals surface area contributed by atoms with E-state index in [0.29, 0.717) is 25.7 Å². The van der Waals surface area contributed by atoms with Gasteiger partial charge in [0.25, 0.3) is 0 Å².